The molecule has 5 aromatic rings. The fraction of sp³-hybridized carbons (Fsp3) is 0.0435. The minimum absolute atomic E-state index is 0.0596. The lowest BCUT2D eigenvalue weighted by Crippen LogP contribution is -2.11. The molecule has 0 unspecified atom stereocenters. The number of nitrogens with zero attached hydrogens (tertiary/aromatic N) is 3. The van der Waals surface area contributed by atoms with Gasteiger partial charge in [-0.2, -0.15) is 10.2 Å². The standard InChI is InChI=1S/C23H19N7O2/c31-22(16-11-26-27-12-16)28-17-3-1-2-14(9-17)8-15-4-5-20-18(10-15)19(23(32)29-20)13-24-21-6-7-25-30-21/h1-7,9-13,29,32H,8H2,(H,25,30)(H,26,27)(H,28,31)/b24-13+. The number of aromatic amines is 3. The molecule has 0 fully saturated rings. The summed E-state index contributed by atoms with van der Waals surface area (Å²) in [6.07, 6.45) is 6.92. The average Bonchev–Trinajstić information content (AvgIpc) is 3.54. The van der Waals surface area contributed by atoms with Gasteiger partial charge >= 0.3 is 0 Å². The number of aromatic hydroxyl groups is 1. The Kier molecular flexibility index (Phi) is 4.97. The SMILES string of the molecule is O=C(Nc1cccc(Cc2ccc3[nH]c(O)c(/C=N/c4ccn[nH]4)c3c2)c1)c1cn[nH]c1. The Morgan fingerprint density at radius 3 is 2.84 bits per heavy atom. The van der Waals surface area contributed by atoms with Gasteiger partial charge in [0.25, 0.3) is 5.91 Å². The fourth-order valence-corrected chi connectivity index (χ4v) is 3.51. The molecule has 0 aliphatic heterocycles. The van der Waals surface area contributed by atoms with Gasteiger partial charge in [0.1, 0.15) is 5.82 Å². The lowest BCUT2D eigenvalue weighted by molar-refractivity contribution is 0.102. The maximum atomic E-state index is 12.3. The lowest BCUT2D eigenvalue weighted by atomic mass is 10.0. The predicted molar refractivity (Wildman–Crippen MR) is 122 cm³/mol. The number of H-pyrrole nitrogens is 3. The van der Waals surface area contributed by atoms with Crippen molar-refractivity contribution in [3.63, 3.8) is 0 Å². The van der Waals surface area contributed by atoms with E-state index in [1.54, 1.807) is 24.7 Å². The Morgan fingerprint density at radius 2 is 2.03 bits per heavy atom. The van der Waals surface area contributed by atoms with Crippen LogP contribution in [0.1, 0.15) is 27.0 Å². The number of hydrogen-bond acceptors (Lipinski definition) is 5. The third-order valence-electron chi connectivity index (χ3n) is 5.05. The molecule has 0 spiro atoms. The number of amides is 1. The molecule has 5 rings (SSSR count). The van der Waals surface area contributed by atoms with Crippen molar-refractivity contribution < 1.29 is 9.90 Å². The first-order valence-corrected chi connectivity index (χ1v) is 9.92. The Hall–Kier alpha value is -4.66. The molecule has 3 aromatic heterocycles. The van der Waals surface area contributed by atoms with Crippen LogP contribution >= 0.6 is 0 Å². The maximum Gasteiger partial charge on any atom is 0.258 e. The summed E-state index contributed by atoms with van der Waals surface area (Å²) in [6, 6.07) is 15.4. The van der Waals surface area contributed by atoms with Crippen molar-refractivity contribution in [2.24, 2.45) is 4.99 Å². The molecule has 0 radical (unpaired) electrons. The van der Waals surface area contributed by atoms with E-state index in [0.717, 1.165) is 22.0 Å². The van der Waals surface area contributed by atoms with E-state index in [9.17, 15) is 9.90 Å². The Morgan fingerprint density at radius 1 is 1.12 bits per heavy atom. The molecular weight excluding hydrogens is 406 g/mol. The van der Waals surface area contributed by atoms with Crippen LogP contribution in [0.2, 0.25) is 0 Å². The molecule has 32 heavy (non-hydrogen) atoms. The second-order valence-corrected chi connectivity index (χ2v) is 7.29. The van der Waals surface area contributed by atoms with Gasteiger partial charge in [-0.05, 0) is 41.8 Å². The number of aromatic nitrogens is 5. The number of anilines is 1. The molecule has 2 aromatic carbocycles. The number of fused-ring (bicyclic) bond motifs is 1. The summed E-state index contributed by atoms with van der Waals surface area (Å²) in [5, 5.41) is 27.1. The molecule has 158 valence electrons. The van der Waals surface area contributed by atoms with Gasteiger partial charge in [-0.15, -0.1) is 0 Å². The number of carbonyl (C=O) groups is 1. The average molecular weight is 425 g/mol. The van der Waals surface area contributed by atoms with E-state index >= 15 is 0 Å². The molecule has 9 heteroatoms. The quantitative estimate of drug-likeness (QED) is 0.264. The first-order valence-electron chi connectivity index (χ1n) is 9.92. The van der Waals surface area contributed by atoms with Crippen LogP contribution in [0.4, 0.5) is 11.5 Å². The maximum absolute atomic E-state index is 12.3. The summed E-state index contributed by atoms with van der Waals surface area (Å²) >= 11 is 0. The summed E-state index contributed by atoms with van der Waals surface area (Å²) in [6.45, 7) is 0. The molecule has 9 nitrogen and oxygen atoms in total. The molecule has 0 saturated carbocycles. The molecule has 0 bridgehead atoms. The Bertz CT molecular complexity index is 1400. The predicted octanol–water partition coefficient (Wildman–Crippen LogP) is 3.91. The highest BCUT2D eigenvalue weighted by atomic mass is 16.3. The molecule has 0 aliphatic carbocycles. The van der Waals surface area contributed by atoms with Crippen LogP contribution in [0.5, 0.6) is 5.88 Å². The fourth-order valence-electron chi connectivity index (χ4n) is 3.51. The smallest absolute Gasteiger partial charge is 0.258 e. The van der Waals surface area contributed by atoms with Crippen molar-refractivity contribution in [3.05, 3.63) is 89.4 Å². The van der Waals surface area contributed by atoms with Gasteiger partial charge in [0.2, 0.25) is 0 Å². The van der Waals surface area contributed by atoms with E-state index in [1.165, 1.54) is 6.20 Å². The van der Waals surface area contributed by atoms with Crippen molar-refractivity contribution in [3.8, 4) is 5.88 Å². The largest absolute Gasteiger partial charge is 0.494 e. The molecule has 3 heterocycles. The van der Waals surface area contributed by atoms with Crippen LogP contribution in [0.15, 0.2) is 72.1 Å². The van der Waals surface area contributed by atoms with Crippen LogP contribution < -0.4 is 5.32 Å². The molecule has 5 N–H and O–H groups in total. The van der Waals surface area contributed by atoms with Gasteiger partial charge in [0.05, 0.1) is 23.5 Å². The van der Waals surface area contributed by atoms with E-state index < -0.39 is 0 Å². The highest BCUT2D eigenvalue weighted by molar-refractivity contribution is 6.04. The zero-order valence-electron chi connectivity index (χ0n) is 16.8. The summed E-state index contributed by atoms with van der Waals surface area (Å²) in [5.41, 5.74) is 4.71. The van der Waals surface area contributed by atoms with Crippen molar-refractivity contribution in [1.29, 1.82) is 0 Å². The van der Waals surface area contributed by atoms with Crippen LogP contribution in [-0.4, -0.2) is 42.6 Å². The van der Waals surface area contributed by atoms with Crippen molar-refractivity contribution in [1.82, 2.24) is 25.4 Å². The lowest BCUT2D eigenvalue weighted by Gasteiger charge is -2.07. The molecule has 1 amide bonds. The van der Waals surface area contributed by atoms with Crippen molar-refractivity contribution in [2.45, 2.75) is 6.42 Å². The van der Waals surface area contributed by atoms with Gasteiger partial charge in [-0.25, -0.2) is 4.99 Å². The minimum atomic E-state index is -0.221. The molecule has 0 saturated heterocycles. The monoisotopic (exact) mass is 425 g/mol. The van der Waals surface area contributed by atoms with E-state index in [2.05, 4.69) is 35.7 Å². The van der Waals surface area contributed by atoms with Crippen LogP contribution in [0.3, 0.4) is 0 Å². The third-order valence-corrected chi connectivity index (χ3v) is 5.05. The Balaban J connectivity index is 1.38. The Labute approximate surface area is 182 Å². The van der Waals surface area contributed by atoms with E-state index in [4.69, 9.17) is 0 Å². The van der Waals surface area contributed by atoms with E-state index in [-0.39, 0.29) is 11.8 Å². The van der Waals surface area contributed by atoms with Gasteiger partial charge < -0.3 is 15.4 Å². The first kappa shape index (κ1) is 19.3. The topological polar surface area (TPSA) is 135 Å². The van der Waals surface area contributed by atoms with Crippen LogP contribution in [-0.2, 0) is 6.42 Å². The summed E-state index contributed by atoms with van der Waals surface area (Å²) < 4.78 is 0. The highest BCUT2D eigenvalue weighted by Gasteiger charge is 2.11. The second kappa shape index (κ2) is 8.23. The first-order chi connectivity index (χ1) is 15.7. The number of aliphatic imine (C=N–C) groups is 1. The third kappa shape index (κ3) is 3.99. The number of nitrogens with one attached hydrogen (secondary N) is 4. The number of rotatable bonds is 6. The molecule has 0 aliphatic rings. The zero-order chi connectivity index (χ0) is 21.9. The van der Waals surface area contributed by atoms with Gasteiger partial charge in [0, 0.05) is 35.1 Å². The summed E-state index contributed by atoms with van der Waals surface area (Å²) in [7, 11) is 0. The van der Waals surface area contributed by atoms with Crippen molar-refractivity contribution in [2.75, 3.05) is 5.32 Å². The van der Waals surface area contributed by atoms with Crippen LogP contribution in [0, 0.1) is 0 Å². The summed E-state index contributed by atoms with van der Waals surface area (Å²) in [4.78, 5) is 19.6. The number of carbonyl (C=O) groups excluding carboxylic acids is 1. The minimum Gasteiger partial charge on any atom is -0.494 e. The molecule has 0 atom stereocenters. The summed E-state index contributed by atoms with van der Waals surface area (Å²) in [5.74, 6) is 0.440. The van der Waals surface area contributed by atoms with E-state index in [0.29, 0.717) is 29.1 Å². The van der Waals surface area contributed by atoms with Gasteiger partial charge in [-0.1, -0.05) is 18.2 Å². The zero-order valence-corrected chi connectivity index (χ0v) is 16.8. The highest BCUT2D eigenvalue weighted by Crippen LogP contribution is 2.28. The number of benzene rings is 2. The van der Waals surface area contributed by atoms with Crippen LogP contribution in [0.25, 0.3) is 10.9 Å². The molecular formula is C23H19N7O2. The normalized spacial score (nSPS) is 11.4. The number of hydrogen-bond donors (Lipinski definition) is 5. The van der Waals surface area contributed by atoms with Gasteiger partial charge in [0.15, 0.2) is 5.88 Å². The van der Waals surface area contributed by atoms with E-state index in [1.807, 2.05) is 42.5 Å². The van der Waals surface area contributed by atoms with Gasteiger partial charge in [-0.3, -0.25) is 15.0 Å². The van der Waals surface area contributed by atoms with Crippen molar-refractivity contribution >= 4 is 34.5 Å². The second-order valence-electron chi connectivity index (χ2n) is 7.29.